The Bertz CT molecular complexity index is 423. The first-order valence-corrected chi connectivity index (χ1v) is 7.29. The summed E-state index contributed by atoms with van der Waals surface area (Å²) in [6.45, 7) is 4.20. The van der Waals surface area contributed by atoms with E-state index in [1.807, 2.05) is 0 Å². The highest BCUT2D eigenvalue weighted by Gasteiger charge is 2.16. The van der Waals surface area contributed by atoms with Gasteiger partial charge in [0.15, 0.2) is 0 Å². The lowest BCUT2D eigenvalue weighted by molar-refractivity contribution is 0.0934. The van der Waals surface area contributed by atoms with Crippen LogP contribution >= 0.6 is 27.5 Å². The number of alkyl halides is 1. The number of hydrogen-bond donors (Lipinski definition) is 2. The number of aromatic hydroxyl groups is 1. The van der Waals surface area contributed by atoms with Gasteiger partial charge in [-0.05, 0) is 30.5 Å². The van der Waals surface area contributed by atoms with E-state index in [9.17, 15) is 9.90 Å². The van der Waals surface area contributed by atoms with Gasteiger partial charge in [-0.1, -0.05) is 41.4 Å². The van der Waals surface area contributed by atoms with Crippen LogP contribution in [0.15, 0.2) is 18.2 Å². The molecule has 1 aromatic rings. The molecule has 100 valence electrons. The molecule has 0 fully saturated rings. The fourth-order valence-electron chi connectivity index (χ4n) is 1.69. The van der Waals surface area contributed by atoms with Gasteiger partial charge in [-0.15, -0.1) is 0 Å². The second-order valence-corrected chi connectivity index (χ2v) is 5.70. The molecule has 1 unspecified atom stereocenters. The zero-order valence-electron chi connectivity index (χ0n) is 10.4. The van der Waals surface area contributed by atoms with Crippen molar-refractivity contribution in [1.29, 1.82) is 0 Å². The molecule has 0 saturated carbocycles. The van der Waals surface area contributed by atoms with Crippen LogP contribution in [0.3, 0.4) is 0 Å². The SMILES string of the molecule is CC(C)CC(CBr)NC(=O)c1ccc(Cl)cc1O. The summed E-state index contributed by atoms with van der Waals surface area (Å²) in [5.74, 6) is 0.110. The van der Waals surface area contributed by atoms with E-state index in [0.29, 0.717) is 16.3 Å². The van der Waals surface area contributed by atoms with Gasteiger partial charge in [0.25, 0.3) is 5.91 Å². The maximum absolute atomic E-state index is 12.0. The van der Waals surface area contributed by atoms with Crippen LogP contribution in [0.1, 0.15) is 30.6 Å². The van der Waals surface area contributed by atoms with Gasteiger partial charge in [0, 0.05) is 16.4 Å². The molecule has 0 aromatic heterocycles. The topological polar surface area (TPSA) is 49.3 Å². The minimum atomic E-state index is -0.283. The van der Waals surface area contributed by atoms with Crippen molar-refractivity contribution in [3.63, 3.8) is 0 Å². The van der Waals surface area contributed by atoms with Crippen LogP contribution in [0.25, 0.3) is 0 Å². The number of benzene rings is 1. The average Bonchev–Trinajstić information content (AvgIpc) is 2.27. The van der Waals surface area contributed by atoms with Crippen LogP contribution < -0.4 is 5.32 Å². The molecule has 0 spiro atoms. The first kappa shape index (κ1) is 15.3. The summed E-state index contributed by atoms with van der Waals surface area (Å²) in [6.07, 6.45) is 0.880. The molecule has 0 heterocycles. The summed E-state index contributed by atoms with van der Waals surface area (Å²) in [6, 6.07) is 4.52. The van der Waals surface area contributed by atoms with E-state index in [-0.39, 0.29) is 23.3 Å². The van der Waals surface area contributed by atoms with Crippen molar-refractivity contribution in [3.05, 3.63) is 28.8 Å². The van der Waals surface area contributed by atoms with Crippen molar-refractivity contribution in [1.82, 2.24) is 5.32 Å². The molecule has 0 radical (unpaired) electrons. The zero-order valence-corrected chi connectivity index (χ0v) is 12.8. The molecule has 1 rings (SSSR count). The van der Waals surface area contributed by atoms with E-state index in [0.717, 1.165) is 6.42 Å². The Hall–Kier alpha value is -0.740. The molecule has 0 saturated heterocycles. The van der Waals surface area contributed by atoms with Crippen molar-refractivity contribution >= 4 is 33.4 Å². The van der Waals surface area contributed by atoms with Gasteiger partial charge in [-0.3, -0.25) is 4.79 Å². The molecular weight excluding hydrogens is 318 g/mol. The number of amides is 1. The van der Waals surface area contributed by atoms with Crippen molar-refractivity contribution in [2.24, 2.45) is 5.92 Å². The number of rotatable bonds is 5. The molecule has 0 bridgehead atoms. The zero-order chi connectivity index (χ0) is 13.7. The quantitative estimate of drug-likeness (QED) is 0.809. The Labute approximate surface area is 121 Å². The van der Waals surface area contributed by atoms with Crippen molar-refractivity contribution in [2.45, 2.75) is 26.3 Å². The molecule has 0 aliphatic rings. The summed E-state index contributed by atoms with van der Waals surface area (Å²) in [5, 5.41) is 13.6. The molecule has 3 nitrogen and oxygen atoms in total. The molecule has 0 aliphatic carbocycles. The highest BCUT2D eigenvalue weighted by atomic mass is 79.9. The van der Waals surface area contributed by atoms with Gasteiger partial charge in [-0.2, -0.15) is 0 Å². The van der Waals surface area contributed by atoms with E-state index in [1.54, 1.807) is 6.07 Å². The van der Waals surface area contributed by atoms with E-state index in [1.165, 1.54) is 12.1 Å². The lowest BCUT2D eigenvalue weighted by Crippen LogP contribution is -2.37. The largest absolute Gasteiger partial charge is 0.507 e. The fraction of sp³-hybridized carbons (Fsp3) is 0.462. The number of carbonyl (C=O) groups is 1. The lowest BCUT2D eigenvalue weighted by Gasteiger charge is -2.18. The molecule has 18 heavy (non-hydrogen) atoms. The van der Waals surface area contributed by atoms with Gasteiger partial charge >= 0.3 is 0 Å². The first-order valence-electron chi connectivity index (χ1n) is 5.79. The summed E-state index contributed by atoms with van der Waals surface area (Å²) < 4.78 is 0. The number of phenolic OH excluding ortho intramolecular Hbond substituents is 1. The van der Waals surface area contributed by atoms with Crippen LogP contribution in [-0.4, -0.2) is 22.4 Å². The third-order valence-corrected chi connectivity index (χ3v) is 3.50. The third-order valence-electron chi connectivity index (χ3n) is 2.48. The van der Waals surface area contributed by atoms with Gasteiger partial charge in [0.1, 0.15) is 5.75 Å². The Morgan fingerprint density at radius 2 is 2.17 bits per heavy atom. The van der Waals surface area contributed by atoms with Crippen molar-refractivity contribution < 1.29 is 9.90 Å². The summed E-state index contributed by atoms with van der Waals surface area (Å²) in [4.78, 5) is 12.0. The minimum absolute atomic E-state index is 0.0487. The highest BCUT2D eigenvalue weighted by molar-refractivity contribution is 9.09. The van der Waals surface area contributed by atoms with Crippen LogP contribution in [-0.2, 0) is 0 Å². The van der Waals surface area contributed by atoms with Gasteiger partial charge in [0.2, 0.25) is 0 Å². The predicted molar refractivity (Wildman–Crippen MR) is 77.6 cm³/mol. The molecule has 1 aromatic carbocycles. The monoisotopic (exact) mass is 333 g/mol. The summed E-state index contributed by atoms with van der Waals surface area (Å²) >= 11 is 9.10. The van der Waals surface area contributed by atoms with E-state index in [4.69, 9.17) is 11.6 Å². The maximum Gasteiger partial charge on any atom is 0.255 e. The Balaban J connectivity index is 2.74. The van der Waals surface area contributed by atoms with Crippen LogP contribution in [0, 0.1) is 5.92 Å². The van der Waals surface area contributed by atoms with Gasteiger partial charge in [-0.25, -0.2) is 0 Å². The fourth-order valence-corrected chi connectivity index (χ4v) is 2.28. The van der Waals surface area contributed by atoms with Gasteiger partial charge < -0.3 is 10.4 Å². The smallest absolute Gasteiger partial charge is 0.255 e. The number of hydrogen-bond acceptors (Lipinski definition) is 2. The number of nitrogens with one attached hydrogen (secondary N) is 1. The second kappa shape index (κ2) is 7.00. The number of phenols is 1. The molecule has 0 aliphatic heterocycles. The molecule has 1 atom stereocenters. The van der Waals surface area contributed by atoms with Crippen LogP contribution in [0.4, 0.5) is 0 Å². The molecule has 2 N–H and O–H groups in total. The van der Waals surface area contributed by atoms with Crippen LogP contribution in [0.5, 0.6) is 5.75 Å². The molecule has 1 amide bonds. The minimum Gasteiger partial charge on any atom is -0.507 e. The third kappa shape index (κ3) is 4.50. The first-order chi connectivity index (χ1) is 8.43. The van der Waals surface area contributed by atoms with Crippen LogP contribution in [0.2, 0.25) is 5.02 Å². The lowest BCUT2D eigenvalue weighted by atomic mass is 10.0. The maximum atomic E-state index is 12.0. The predicted octanol–water partition coefficient (Wildman–Crippen LogP) is 3.59. The molecule has 5 heteroatoms. The normalized spacial score (nSPS) is 12.5. The van der Waals surface area contributed by atoms with Crippen molar-refractivity contribution in [2.75, 3.05) is 5.33 Å². The number of carbonyl (C=O) groups excluding carboxylic acids is 1. The van der Waals surface area contributed by atoms with E-state index >= 15 is 0 Å². The number of halogens is 2. The van der Waals surface area contributed by atoms with Crippen molar-refractivity contribution in [3.8, 4) is 5.75 Å². The summed E-state index contributed by atoms with van der Waals surface area (Å²) in [5.41, 5.74) is 0.245. The highest BCUT2D eigenvalue weighted by Crippen LogP contribution is 2.22. The average molecular weight is 335 g/mol. The second-order valence-electron chi connectivity index (χ2n) is 4.62. The molecular formula is C13H17BrClNO2. The van der Waals surface area contributed by atoms with Gasteiger partial charge in [0.05, 0.1) is 5.56 Å². The van der Waals surface area contributed by atoms with E-state index in [2.05, 4.69) is 35.1 Å². The van der Waals surface area contributed by atoms with E-state index < -0.39 is 0 Å². The Morgan fingerprint density at radius 3 is 2.67 bits per heavy atom. The standard InChI is InChI=1S/C13H17BrClNO2/c1-8(2)5-10(7-14)16-13(18)11-4-3-9(15)6-12(11)17/h3-4,6,8,10,17H,5,7H2,1-2H3,(H,16,18). The Kier molecular flexibility index (Phi) is 5.96. The summed E-state index contributed by atoms with van der Waals surface area (Å²) in [7, 11) is 0. The Morgan fingerprint density at radius 1 is 1.50 bits per heavy atom.